The second-order valence-electron chi connectivity index (χ2n) is 4.83. The summed E-state index contributed by atoms with van der Waals surface area (Å²) in [6, 6.07) is 10.4. The Hall–Kier alpha value is -3.14. The summed E-state index contributed by atoms with van der Waals surface area (Å²) in [5, 5.41) is 20.2. The average Bonchev–Trinajstić information content (AvgIpc) is 2.59. The van der Waals surface area contributed by atoms with Crippen molar-refractivity contribution in [3.05, 3.63) is 58.6 Å². The minimum absolute atomic E-state index is 0.0429. The molecule has 0 heterocycles. The highest BCUT2D eigenvalue weighted by atomic mass is 32.2. The molecule has 0 unspecified atom stereocenters. The van der Waals surface area contributed by atoms with E-state index in [4.69, 9.17) is 9.84 Å². The first-order valence-electron chi connectivity index (χ1n) is 6.89. The number of carboxylic acid groups (broad SMARTS) is 1. The lowest BCUT2D eigenvalue weighted by Crippen LogP contribution is -2.36. The van der Waals surface area contributed by atoms with Gasteiger partial charge in [0.05, 0.1) is 17.7 Å². The summed E-state index contributed by atoms with van der Waals surface area (Å²) in [5.74, 6) is -0.958. The lowest BCUT2D eigenvalue weighted by Gasteiger charge is -2.22. The second kappa shape index (κ2) is 7.18. The number of benzene rings is 2. The number of hydrogen-bond donors (Lipinski definition) is 1. The Balaban J connectivity index is 2.60. The van der Waals surface area contributed by atoms with Crippen LogP contribution in [0.3, 0.4) is 0 Å². The van der Waals surface area contributed by atoms with Crippen molar-refractivity contribution in [2.45, 2.75) is 4.90 Å². The van der Waals surface area contributed by atoms with Crippen LogP contribution in [0.15, 0.2) is 53.4 Å². The van der Waals surface area contributed by atoms with E-state index in [-0.39, 0.29) is 5.69 Å². The zero-order valence-electron chi connectivity index (χ0n) is 13.0. The van der Waals surface area contributed by atoms with Crippen LogP contribution in [0.25, 0.3) is 0 Å². The highest BCUT2D eigenvalue weighted by Gasteiger charge is 2.33. The van der Waals surface area contributed by atoms with Gasteiger partial charge in [-0.15, -0.1) is 0 Å². The van der Waals surface area contributed by atoms with Gasteiger partial charge in [0.2, 0.25) is 0 Å². The Morgan fingerprint density at radius 3 is 2.32 bits per heavy atom. The summed E-state index contributed by atoms with van der Waals surface area (Å²) in [5.41, 5.74) is -0.590. The fraction of sp³-hybridized carbons (Fsp3) is 0.133. The number of carbonyl (C=O) groups is 1. The maximum Gasteiger partial charge on any atom is 0.324 e. The van der Waals surface area contributed by atoms with Crippen LogP contribution in [0.4, 0.5) is 11.4 Å². The molecule has 2 rings (SSSR count). The molecule has 2 aromatic rings. The van der Waals surface area contributed by atoms with E-state index in [9.17, 15) is 23.3 Å². The molecule has 132 valence electrons. The number of hydrogen-bond acceptors (Lipinski definition) is 6. The van der Waals surface area contributed by atoms with Crippen LogP contribution in [-0.4, -0.2) is 38.1 Å². The van der Waals surface area contributed by atoms with Gasteiger partial charge in [0.15, 0.2) is 4.90 Å². The largest absolute Gasteiger partial charge is 0.497 e. The van der Waals surface area contributed by atoms with Gasteiger partial charge in [-0.3, -0.25) is 19.2 Å². The van der Waals surface area contributed by atoms with E-state index in [1.165, 1.54) is 43.5 Å². The molecule has 0 spiro atoms. The van der Waals surface area contributed by atoms with Crippen LogP contribution < -0.4 is 9.04 Å². The standard InChI is InChI=1S/C15H14N2O7S/c1-24-12-8-6-11(7-9-12)16(10-15(18)19)25(22,23)14-5-3-2-4-13(14)17(20)21/h2-9H,10H2,1H3,(H,18,19). The number of carboxylic acids is 1. The van der Waals surface area contributed by atoms with Gasteiger partial charge in [0.1, 0.15) is 12.3 Å². The van der Waals surface area contributed by atoms with Crippen molar-refractivity contribution in [1.29, 1.82) is 0 Å². The minimum Gasteiger partial charge on any atom is -0.497 e. The van der Waals surface area contributed by atoms with E-state index in [1.807, 2.05) is 0 Å². The molecule has 25 heavy (non-hydrogen) atoms. The molecule has 0 bridgehead atoms. The van der Waals surface area contributed by atoms with Crippen molar-refractivity contribution in [3.63, 3.8) is 0 Å². The van der Waals surface area contributed by atoms with Crippen molar-refractivity contribution >= 4 is 27.4 Å². The number of nitro groups is 1. The number of para-hydroxylation sites is 1. The molecule has 1 N–H and O–H groups in total. The Morgan fingerprint density at radius 2 is 1.80 bits per heavy atom. The van der Waals surface area contributed by atoms with Crippen LogP contribution in [0.1, 0.15) is 0 Å². The van der Waals surface area contributed by atoms with Crippen molar-refractivity contribution in [1.82, 2.24) is 0 Å². The molecule has 0 aliphatic carbocycles. The normalized spacial score (nSPS) is 10.9. The van der Waals surface area contributed by atoms with Gasteiger partial charge in [-0.2, -0.15) is 0 Å². The van der Waals surface area contributed by atoms with Crippen molar-refractivity contribution < 1.29 is 28.0 Å². The number of anilines is 1. The topological polar surface area (TPSA) is 127 Å². The summed E-state index contributed by atoms with van der Waals surface area (Å²) >= 11 is 0. The van der Waals surface area contributed by atoms with Gasteiger partial charge in [0, 0.05) is 6.07 Å². The minimum atomic E-state index is -4.47. The number of methoxy groups -OCH3 is 1. The smallest absolute Gasteiger partial charge is 0.324 e. The van der Waals surface area contributed by atoms with Crippen LogP contribution >= 0.6 is 0 Å². The third-order valence-electron chi connectivity index (χ3n) is 3.27. The van der Waals surface area contributed by atoms with E-state index < -0.39 is 38.0 Å². The zero-order chi connectivity index (χ0) is 18.6. The predicted octanol–water partition coefficient (Wildman–Crippen LogP) is 1.88. The van der Waals surface area contributed by atoms with Gasteiger partial charge in [-0.25, -0.2) is 8.42 Å². The molecule has 0 amide bonds. The van der Waals surface area contributed by atoms with E-state index >= 15 is 0 Å². The Kier molecular flexibility index (Phi) is 5.22. The highest BCUT2D eigenvalue weighted by Crippen LogP contribution is 2.30. The Labute approximate surface area is 143 Å². The summed E-state index contributed by atoms with van der Waals surface area (Å²) in [6.07, 6.45) is 0. The Bertz CT molecular complexity index is 894. The molecule has 0 aromatic heterocycles. The van der Waals surface area contributed by atoms with Crippen LogP contribution in [0.2, 0.25) is 0 Å². The first-order valence-corrected chi connectivity index (χ1v) is 8.33. The zero-order valence-corrected chi connectivity index (χ0v) is 13.8. The molecule has 0 aliphatic rings. The third-order valence-corrected chi connectivity index (χ3v) is 5.09. The van der Waals surface area contributed by atoms with Crippen molar-refractivity contribution in [2.75, 3.05) is 18.0 Å². The van der Waals surface area contributed by atoms with E-state index in [0.717, 1.165) is 12.1 Å². The quantitative estimate of drug-likeness (QED) is 0.585. The molecule has 0 atom stereocenters. The van der Waals surface area contributed by atoms with E-state index in [1.54, 1.807) is 0 Å². The fourth-order valence-corrected chi connectivity index (χ4v) is 3.71. The monoisotopic (exact) mass is 366 g/mol. The third kappa shape index (κ3) is 3.86. The van der Waals surface area contributed by atoms with Crippen LogP contribution in [0, 0.1) is 10.1 Å². The SMILES string of the molecule is COc1ccc(N(CC(=O)O)S(=O)(=O)c2ccccc2[N+](=O)[O-])cc1. The number of nitro benzene ring substituents is 1. The van der Waals surface area contributed by atoms with Gasteiger partial charge >= 0.3 is 5.97 Å². The maximum absolute atomic E-state index is 12.9. The Morgan fingerprint density at radius 1 is 1.20 bits per heavy atom. The maximum atomic E-state index is 12.9. The predicted molar refractivity (Wildman–Crippen MR) is 88.3 cm³/mol. The summed E-state index contributed by atoms with van der Waals surface area (Å²) in [7, 11) is -3.05. The lowest BCUT2D eigenvalue weighted by molar-refractivity contribution is -0.387. The van der Waals surface area contributed by atoms with Gasteiger partial charge in [-0.1, -0.05) is 12.1 Å². The van der Waals surface area contributed by atoms with Crippen molar-refractivity contribution in [3.8, 4) is 5.75 Å². The molecule has 0 saturated carbocycles. The molecule has 9 nitrogen and oxygen atoms in total. The summed E-state index contributed by atoms with van der Waals surface area (Å²) in [4.78, 5) is 20.8. The molecular weight excluding hydrogens is 352 g/mol. The molecule has 0 aliphatic heterocycles. The van der Waals surface area contributed by atoms with E-state index in [0.29, 0.717) is 10.1 Å². The summed E-state index contributed by atoms with van der Waals surface area (Å²) in [6.45, 7) is -0.888. The van der Waals surface area contributed by atoms with Crippen LogP contribution in [-0.2, 0) is 14.8 Å². The number of ether oxygens (including phenoxy) is 1. The van der Waals surface area contributed by atoms with Gasteiger partial charge < -0.3 is 9.84 Å². The number of aliphatic carboxylic acids is 1. The number of rotatable bonds is 7. The van der Waals surface area contributed by atoms with E-state index in [2.05, 4.69) is 0 Å². The molecule has 2 aromatic carbocycles. The highest BCUT2D eigenvalue weighted by molar-refractivity contribution is 7.93. The summed E-state index contributed by atoms with van der Waals surface area (Å²) < 4.78 is 31.3. The number of sulfonamides is 1. The first-order chi connectivity index (χ1) is 11.8. The molecule has 10 heteroatoms. The average molecular weight is 366 g/mol. The fourth-order valence-electron chi connectivity index (χ4n) is 2.13. The molecule has 0 saturated heterocycles. The second-order valence-corrected chi connectivity index (χ2v) is 6.66. The van der Waals surface area contributed by atoms with Crippen LogP contribution in [0.5, 0.6) is 5.75 Å². The first kappa shape index (κ1) is 18.2. The molecular formula is C15H14N2O7S. The number of nitrogens with zero attached hydrogens (tertiary/aromatic N) is 2. The van der Waals surface area contributed by atoms with Crippen molar-refractivity contribution in [2.24, 2.45) is 0 Å². The van der Waals surface area contributed by atoms with Gasteiger partial charge in [-0.05, 0) is 30.3 Å². The molecule has 0 fully saturated rings. The molecule has 0 radical (unpaired) electrons. The van der Waals surface area contributed by atoms with Gasteiger partial charge in [0.25, 0.3) is 15.7 Å². The lowest BCUT2D eigenvalue weighted by atomic mass is 10.3.